The number of benzene rings is 2. The van der Waals surface area contributed by atoms with Gasteiger partial charge in [0, 0.05) is 11.4 Å². The lowest BCUT2D eigenvalue weighted by atomic mass is 9.99. The van der Waals surface area contributed by atoms with Crippen LogP contribution < -0.4 is 4.74 Å². The molecule has 0 aromatic heterocycles. The second-order valence-electron chi connectivity index (χ2n) is 4.67. The predicted octanol–water partition coefficient (Wildman–Crippen LogP) is 4.07. The molecule has 0 aliphatic carbocycles. The summed E-state index contributed by atoms with van der Waals surface area (Å²) >= 11 is 6.14. The highest BCUT2D eigenvalue weighted by molar-refractivity contribution is 6.31. The molecule has 0 radical (unpaired) electrons. The summed E-state index contributed by atoms with van der Waals surface area (Å²) in [5.74, 6) is -0.152. The molecule has 2 aromatic rings. The summed E-state index contributed by atoms with van der Waals surface area (Å²) in [6.07, 6.45) is -0.775. The average molecular weight is 295 g/mol. The molecular weight excluding hydrogens is 279 g/mol. The second-order valence-corrected chi connectivity index (χ2v) is 5.08. The minimum atomic E-state index is -1.01. The molecule has 0 spiro atoms. The largest absolute Gasteiger partial charge is 0.496 e. The van der Waals surface area contributed by atoms with Crippen molar-refractivity contribution in [3.05, 3.63) is 63.9 Å². The Morgan fingerprint density at radius 2 is 2.05 bits per heavy atom. The Morgan fingerprint density at radius 1 is 1.30 bits per heavy atom. The van der Waals surface area contributed by atoms with Crippen LogP contribution in [-0.2, 0) is 6.42 Å². The van der Waals surface area contributed by atoms with Crippen LogP contribution in [0.3, 0.4) is 0 Å². The van der Waals surface area contributed by atoms with E-state index in [0.717, 1.165) is 11.1 Å². The van der Waals surface area contributed by atoms with E-state index in [1.807, 2.05) is 25.1 Å². The third-order valence-electron chi connectivity index (χ3n) is 3.19. The number of hydrogen-bond acceptors (Lipinski definition) is 2. The molecule has 0 saturated heterocycles. The Hall–Kier alpha value is -1.58. The maximum Gasteiger partial charge on any atom is 0.132 e. The van der Waals surface area contributed by atoms with E-state index < -0.39 is 11.9 Å². The van der Waals surface area contributed by atoms with E-state index in [-0.39, 0.29) is 12.0 Å². The van der Waals surface area contributed by atoms with E-state index >= 15 is 0 Å². The van der Waals surface area contributed by atoms with E-state index in [9.17, 15) is 9.50 Å². The predicted molar refractivity (Wildman–Crippen MR) is 77.8 cm³/mol. The first kappa shape index (κ1) is 14.8. The quantitative estimate of drug-likeness (QED) is 0.921. The number of rotatable bonds is 4. The van der Waals surface area contributed by atoms with Crippen molar-refractivity contribution in [3.63, 3.8) is 0 Å². The molecule has 1 atom stereocenters. The van der Waals surface area contributed by atoms with Gasteiger partial charge in [-0.15, -0.1) is 0 Å². The summed E-state index contributed by atoms with van der Waals surface area (Å²) in [5, 5.41) is 10.9. The molecule has 0 amide bonds. The fraction of sp³-hybridized carbons (Fsp3) is 0.250. The molecule has 2 nitrogen and oxygen atoms in total. The lowest BCUT2D eigenvalue weighted by molar-refractivity contribution is 0.169. The summed E-state index contributed by atoms with van der Waals surface area (Å²) in [7, 11) is 1.45. The van der Waals surface area contributed by atoms with Gasteiger partial charge in [0.2, 0.25) is 0 Å². The molecular formula is C16H16ClFO2. The van der Waals surface area contributed by atoms with Crippen molar-refractivity contribution in [2.24, 2.45) is 0 Å². The van der Waals surface area contributed by atoms with Crippen LogP contribution in [-0.4, -0.2) is 12.2 Å². The molecule has 0 aliphatic rings. The van der Waals surface area contributed by atoms with E-state index in [0.29, 0.717) is 10.8 Å². The van der Waals surface area contributed by atoms with Gasteiger partial charge in [-0.2, -0.15) is 0 Å². The van der Waals surface area contributed by atoms with Crippen LogP contribution in [0.5, 0.6) is 5.75 Å². The number of halogens is 2. The number of hydrogen-bond donors (Lipinski definition) is 1. The lowest BCUT2D eigenvalue weighted by Gasteiger charge is -2.16. The highest BCUT2D eigenvalue weighted by atomic mass is 35.5. The van der Waals surface area contributed by atoms with Gasteiger partial charge in [0.25, 0.3) is 0 Å². The van der Waals surface area contributed by atoms with Gasteiger partial charge in [-0.1, -0.05) is 29.8 Å². The summed E-state index contributed by atoms with van der Waals surface area (Å²) in [6.45, 7) is 1.94. The number of ether oxygens (including phenoxy) is 1. The molecule has 20 heavy (non-hydrogen) atoms. The third kappa shape index (κ3) is 3.11. The molecule has 0 bridgehead atoms. The van der Waals surface area contributed by atoms with Crippen molar-refractivity contribution in [3.8, 4) is 5.75 Å². The number of methoxy groups -OCH3 is 1. The lowest BCUT2D eigenvalue weighted by Crippen LogP contribution is -2.07. The summed E-state index contributed by atoms with van der Waals surface area (Å²) in [6, 6.07) is 10.0. The first-order valence-corrected chi connectivity index (χ1v) is 6.66. The Morgan fingerprint density at radius 3 is 2.70 bits per heavy atom. The molecule has 0 saturated carbocycles. The number of aryl methyl sites for hydroxylation is 1. The first-order valence-electron chi connectivity index (χ1n) is 6.28. The monoisotopic (exact) mass is 294 g/mol. The zero-order valence-corrected chi connectivity index (χ0v) is 12.1. The van der Waals surface area contributed by atoms with Crippen LogP contribution in [0.15, 0.2) is 36.4 Å². The molecule has 0 fully saturated rings. The van der Waals surface area contributed by atoms with Gasteiger partial charge in [0.15, 0.2) is 0 Å². The van der Waals surface area contributed by atoms with Crippen molar-refractivity contribution < 1.29 is 14.2 Å². The average Bonchev–Trinajstić information content (AvgIpc) is 2.41. The number of aliphatic hydroxyl groups excluding tert-OH is 1. The Bertz CT molecular complexity index is 613. The number of aliphatic hydroxyl groups is 1. The van der Waals surface area contributed by atoms with Gasteiger partial charge in [-0.3, -0.25) is 0 Å². The molecule has 2 rings (SSSR count). The topological polar surface area (TPSA) is 29.5 Å². The van der Waals surface area contributed by atoms with Crippen molar-refractivity contribution in [2.75, 3.05) is 7.11 Å². The van der Waals surface area contributed by atoms with Crippen molar-refractivity contribution >= 4 is 11.6 Å². The highest BCUT2D eigenvalue weighted by Crippen LogP contribution is 2.31. The van der Waals surface area contributed by atoms with Crippen LogP contribution in [0.4, 0.5) is 4.39 Å². The standard InChI is InChI=1S/C16H16ClFO2/c1-10-6-7-11(12(17)8-10)9-14(19)16-13(18)4-3-5-15(16)20-2/h3-8,14,19H,9H2,1-2H3. The van der Waals surface area contributed by atoms with Crippen LogP contribution in [0.2, 0.25) is 5.02 Å². The molecule has 0 heterocycles. The Kier molecular flexibility index (Phi) is 4.63. The smallest absolute Gasteiger partial charge is 0.132 e. The van der Waals surface area contributed by atoms with Gasteiger partial charge in [0.1, 0.15) is 11.6 Å². The Labute approximate surface area is 122 Å². The van der Waals surface area contributed by atoms with Crippen LogP contribution in [0.25, 0.3) is 0 Å². The van der Waals surface area contributed by atoms with Crippen molar-refractivity contribution in [1.29, 1.82) is 0 Å². The molecule has 0 aliphatic heterocycles. The molecule has 4 heteroatoms. The van der Waals surface area contributed by atoms with Crippen LogP contribution in [0.1, 0.15) is 22.8 Å². The van der Waals surface area contributed by atoms with Gasteiger partial charge in [-0.25, -0.2) is 4.39 Å². The van der Waals surface area contributed by atoms with Gasteiger partial charge >= 0.3 is 0 Å². The van der Waals surface area contributed by atoms with Gasteiger partial charge in [0.05, 0.1) is 18.8 Å². The summed E-state index contributed by atoms with van der Waals surface area (Å²) < 4.78 is 19.0. The third-order valence-corrected chi connectivity index (χ3v) is 3.54. The molecule has 1 N–H and O–H groups in total. The van der Waals surface area contributed by atoms with Crippen molar-refractivity contribution in [2.45, 2.75) is 19.4 Å². The second kappa shape index (κ2) is 6.25. The minimum absolute atomic E-state index is 0.159. The van der Waals surface area contributed by atoms with Crippen LogP contribution in [0, 0.1) is 12.7 Å². The fourth-order valence-electron chi connectivity index (χ4n) is 2.15. The summed E-state index contributed by atoms with van der Waals surface area (Å²) in [4.78, 5) is 0. The normalized spacial score (nSPS) is 12.2. The van der Waals surface area contributed by atoms with E-state index in [2.05, 4.69) is 0 Å². The zero-order valence-electron chi connectivity index (χ0n) is 11.4. The molecule has 106 valence electrons. The van der Waals surface area contributed by atoms with E-state index in [1.54, 1.807) is 12.1 Å². The zero-order chi connectivity index (χ0) is 14.7. The van der Waals surface area contributed by atoms with Crippen LogP contribution >= 0.6 is 11.6 Å². The van der Waals surface area contributed by atoms with Crippen molar-refractivity contribution in [1.82, 2.24) is 0 Å². The maximum absolute atomic E-state index is 13.9. The van der Waals surface area contributed by atoms with E-state index in [1.165, 1.54) is 13.2 Å². The Balaban J connectivity index is 2.30. The van der Waals surface area contributed by atoms with E-state index in [4.69, 9.17) is 16.3 Å². The maximum atomic E-state index is 13.9. The van der Waals surface area contributed by atoms with Gasteiger partial charge in [-0.05, 0) is 36.2 Å². The summed E-state index contributed by atoms with van der Waals surface area (Å²) in [5.41, 5.74) is 1.97. The fourth-order valence-corrected chi connectivity index (χ4v) is 2.46. The molecule has 2 aromatic carbocycles. The highest BCUT2D eigenvalue weighted by Gasteiger charge is 2.19. The molecule has 1 unspecified atom stereocenters. The minimum Gasteiger partial charge on any atom is -0.496 e. The SMILES string of the molecule is COc1cccc(F)c1C(O)Cc1ccc(C)cc1Cl. The first-order chi connectivity index (χ1) is 9.52. The van der Waals surface area contributed by atoms with Gasteiger partial charge < -0.3 is 9.84 Å².